The highest BCUT2D eigenvalue weighted by molar-refractivity contribution is 5.97. The lowest BCUT2D eigenvalue weighted by atomic mass is 9.95. The first-order valence-corrected chi connectivity index (χ1v) is 8.08. The lowest BCUT2D eigenvalue weighted by Gasteiger charge is -2.29. The van der Waals surface area contributed by atoms with Gasteiger partial charge in [-0.05, 0) is 50.5 Å². The molecule has 1 fully saturated rings. The Morgan fingerprint density at radius 3 is 2.46 bits per heavy atom. The quantitative estimate of drug-likeness (QED) is 0.421. The van der Waals surface area contributed by atoms with E-state index >= 15 is 0 Å². The molecule has 7 heteroatoms. The summed E-state index contributed by atoms with van der Waals surface area (Å²) in [6.07, 6.45) is 3.65. The fourth-order valence-corrected chi connectivity index (χ4v) is 2.32. The molecule has 0 aromatic heterocycles. The van der Waals surface area contributed by atoms with Gasteiger partial charge in [-0.2, -0.15) is 0 Å². The van der Waals surface area contributed by atoms with Crippen LogP contribution in [-0.2, 0) is 4.79 Å². The Balaban J connectivity index is 1.93. The molecule has 0 unspecified atom stereocenters. The number of hydrogen-bond acceptors (Lipinski definition) is 5. The summed E-state index contributed by atoms with van der Waals surface area (Å²) < 4.78 is 5.63. The zero-order valence-electron chi connectivity index (χ0n) is 14.0. The molecule has 0 bridgehead atoms. The molecule has 0 spiro atoms. The number of amides is 2. The van der Waals surface area contributed by atoms with Crippen LogP contribution in [-0.4, -0.2) is 35.2 Å². The third-order valence-corrected chi connectivity index (χ3v) is 4.00. The van der Waals surface area contributed by atoms with Crippen molar-refractivity contribution < 1.29 is 19.5 Å². The van der Waals surface area contributed by atoms with Gasteiger partial charge in [-0.15, -0.1) is 0 Å². The molecule has 7 nitrogen and oxygen atoms in total. The van der Waals surface area contributed by atoms with E-state index in [0.29, 0.717) is 17.9 Å². The number of ether oxygens (including phenoxy) is 1. The topological polar surface area (TPSA) is 114 Å². The van der Waals surface area contributed by atoms with E-state index in [1.165, 1.54) is 18.3 Å². The van der Waals surface area contributed by atoms with Crippen LogP contribution in [0.2, 0.25) is 0 Å². The minimum Gasteiger partial charge on any atom is -0.494 e. The molecule has 2 rings (SSSR count). The predicted molar refractivity (Wildman–Crippen MR) is 88.7 cm³/mol. The Morgan fingerprint density at radius 2 is 1.96 bits per heavy atom. The average Bonchev–Trinajstić information content (AvgIpc) is 3.35. The first-order chi connectivity index (χ1) is 11.3. The molecule has 132 valence electrons. The second-order valence-corrected chi connectivity index (χ2v) is 6.81. The highest BCUT2D eigenvalue weighted by Crippen LogP contribution is 2.32. The summed E-state index contributed by atoms with van der Waals surface area (Å²) in [5, 5.41) is 11.3. The maximum Gasteiger partial charge on any atom is 0.267 e. The van der Waals surface area contributed by atoms with Crippen LogP contribution < -0.4 is 21.3 Å². The van der Waals surface area contributed by atoms with E-state index < -0.39 is 23.4 Å². The molecule has 1 aromatic rings. The number of nitrogens with one attached hydrogen (secondary N) is 2. The fourth-order valence-electron chi connectivity index (χ4n) is 2.32. The van der Waals surface area contributed by atoms with Crippen LogP contribution in [0.1, 0.15) is 43.5 Å². The molecular weight excluding hydrogens is 310 g/mol. The number of nitrogens with two attached hydrogens (primary N) is 1. The zero-order chi connectivity index (χ0) is 17.7. The Labute approximate surface area is 141 Å². The van der Waals surface area contributed by atoms with Gasteiger partial charge in [0.05, 0.1) is 6.61 Å². The van der Waals surface area contributed by atoms with Gasteiger partial charge in [-0.25, -0.2) is 5.48 Å². The molecule has 2 amide bonds. The molecule has 0 radical (unpaired) electrons. The van der Waals surface area contributed by atoms with Crippen molar-refractivity contribution in [2.45, 2.75) is 44.7 Å². The summed E-state index contributed by atoms with van der Waals surface area (Å²) in [6.45, 7) is 3.85. The largest absolute Gasteiger partial charge is 0.494 e. The first-order valence-electron chi connectivity index (χ1n) is 8.08. The van der Waals surface area contributed by atoms with Crippen LogP contribution >= 0.6 is 0 Å². The molecule has 24 heavy (non-hydrogen) atoms. The monoisotopic (exact) mass is 335 g/mol. The number of hydroxylamine groups is 1. The maximum absolute atomic E-state index is 12.3. The van der Waals surface area contributed by atoms with Crippen molar-refractivity contribution in [3.8, 4) is 5.75 Å². The van der Waals surface area contributed by atoms with Gasteiger partial charge in [-0.1, -0.05) is 12.8 Å². The van der Waals surface area contributed by atoms with Crippen molar-refractivity contribution in [1.82, 2.24) is 10.8 Å². The number of rotatable bonds is 8. The highest BCUT2D eigenvalue weighted by Gasteiger charge is 2.33. The highest BCUT2D eigenvalue weighted by atomic mass is 16.5. The molecule has 1 saturated carbocycles. The van der Waals surface area contributed by atoms with E-state index in [1.54, 1.807) is 38.1 Å². The van der Waals surface area contributed by atoms with Crippen molar-refractivity contribution in [2.75, 3.05) is 6.61 Å². The number of carbonyl (C=O) groups is 2. The van der Waals surface area contributed by atoms with Crippen molar-refractivity contribution >= 4 is 11.8 Å². The lowest BCUT2D eigenvalue weighted by molar-refractivity contribution is -0.132. The van der Waals surface area contributed by atoms with E-state index in [4.69, 9.17) is 15.7 Å². The van der Waals surface area contributed by atoms with E-state index in [-0.39, 0.29) is 0 Å². The number of benzene rings is 1. The van der Waals surface area contributed by atoms with Crippen LogP contribution in [0.15, 0.2) is 24.3 Å². The summed E-state index contributed by atoms with van der Waals surface area (Å²) in [5.41, 5.74) is 6.75. The summed E-state index contributed by atoms with van der Waals surface area (Å²) in [6, 6.07) is 5.62. The summed E-state index contributed by atoms with van der Waals surface area (Å²) in [4.78, 5) is 24.0. The van der Waals surface area contributed by atoms with Crippen LogP contribution in [0.3, 0.4) is 0 Å². The molecule has 1 aromatic carbocycles. The second kappa shape index (κ2) is 7.63. The Morgan fingerprint density at radius 1 is 1.33 bits per heavy atom. The zero-order valence-corrected chi connectivity index (χ0v) is 14.0. The normalized spacial score (nSPS) is 15.5. The van der Waals surface area contributed by atoms with Crippen molar-refractivity contribution in [3.05, 3.63) is 29.8 Å². The van der Waals surface area contributed by atoms with Gasteiger partial charge in [0, 0.05) is 11.1 Å². The Hall–Kier alpha value is -2.12. The molecule has 5 N–H and O–H groups in total. The molecule has 1 aliphatic rings. The van der Waals surface area contributed by atoms with E-state index in [0.717, 1.165) is 12.3 Å². The first kappa shape index (κ1) is 18.2. The lowest BCUT2D eigenvalue weighted by Crippen LogP contribution is -2.61. The minimum atomic E-state index is -1.07. The standard InChI is InChI=1S/C17H25N3O4/c1-17(2,18)14(16(22)20-23)19-15(21)12-5-7-13(8-6-12)24-10-9-11-3-4-11/h5-8,11,14,23H,3-4,9-10,18H2,1-2H3,(H,19,21)(H,20,22)/t14-/m1/s1. The molecule has 0 heterocycles. The summed E-state index contributed by atoms with van der Waals surface area (Å²) in [7, 11) is 0. The van der Waals surface area contributed by atoms with Gasteiger partial charge in [0.1, 0.15) is 11.8 Å². The Bertz CT molecular complexity index is 576. The molecule has 0 aliphatic heterocycles. The fraction of sp³-hybridized carbons (Fsp3) is 0.529. The molecule has 0 saturated heterocycles. The number of carbonyl (C=O) groups excluding carboxylic acids is 2. The van der Waals surface area contributed by atoms with Gasteiger partial charge < -0.3 is 15.8 Å². The van der Waals surface area contributed by atoms with Crippen molar-refractivity contribution in [3.63, 3.8) is 0 Å². The van der Waals surface area contributed by atoms with E-state index in [1.807, 2.05) is 0 Å². The third-order valence-electron chi connectivity index (χ3n) is 4.00. The van der Waals surface area contributed by atoms with Crippen LogP contribution in [0.4, 0.5) is 0 Å². The van der Waals surface area contributed by atoms with Crippen molar-refractivity contribution in [2.24, 2.45) is 11.7 Å². The third kappa shape index (κ3) is 5.21. The number of hydrogen-bond donors (Lipinski definition) is 4. The molecule has 1 aliphatic carbocycles. The SMILES string of the molecule is CC(C)(N)[C@H](NC(=O)c1ccc(OCCC2CC2)cc1)C(=O)NO. The van der Waals surface area contributed by atoms with Crippen LogP contribution in [0.5, 0.6) is 5.75 Å². The summed E-state index contributed by atoms with van der Waals surface area (Å²) >= 11 is 0. The van der Waals surface area contributed by atoms with E-state index in [2.05, 4.69) is 5.32 Å². The Kier molecular flexibility index (Phi) is 5.80. The summed E-state index contributed by atoms with van der Waals surface area (Å²) in [5.74, 6) is 0.294. The minimum absolute atomic E-state index is 0.379. The second-order valence-electron chi connectivity index (χ2n) is 6.81. The van der Waals surface area contributed by atoms with Gasteiger partial charge in [0.15, 0.2) is 0 Å². The van der Waals surface area contributed by atoms with Crippen molar-refractivity contribution in [1.29, 1.82) is 0 Å². The van der Waals surface area contributed by atoms with E-state index in [9.17, 15) is 9.59 Å². The van der Waals surface area contributed by atoms with Gasteiger partial charge in [0.2, 0.25) is 0 Å². The predicted octanol–water partition coefficient (Wildman–Crippen LogP) is 1.21. The van der Waals surface area contributed by atoms with Gasteiger partial charge in [0.25, 0.3) is 11.8 Å². The smallest absolute Gasteiger partial charge is 0.267 e. The van der Waals surface area contributed by atoms with Crippen LogP contribution in [0, 0.1) is 5.92 Å². The molecule has 1 atom stereocenters. The van der Waals surface area contributed by atoms with Crippen LogP contribution in [0.25, 0.3) is 0 Å². The van der Waals surface area contributed by atoms with Gasteiger partial charge in [-0.3, -0.25) is 14.8 Å². The average molecular weight is 335 g/mol. The maximum atomic E-state index is 12.3. The molecular formula is C17H25N3O4. The van der Waals surface area contributed by atoms with Gasteiger partial charge >= 0.3 is 0 Å².